The molecule has 1 aliphatic heterocycles. The first kappa shape index (κ1) is 16.2. The number of hydrogen-bond donors (Lipinski definition) is 1. The zero-order valence-electron chi connectivity index (χ0n) is 12.1. The number of amides is 1. The maximum Gasteiger partial charge on any atom is 0.406 e. The van der Waals surface area contributed by atoms with Gasteiger partial charge >= 0.3 is 6.18 Å². The van der Waals surface area contributed by atoms with Crippen molar-refractivity contribution in [3.8, 4) is 0 Å². The number of para-hydroxylation sites is 1. The van der Waals surface area contributed by atoms with Gasteiger partial charge in [0.2, 0.25) is 0 Å². The molecule has 3 nitrogen and oxygen atoms in total. The number of benzene rings is 2. The van der Waals surface area contributed by atoms with Crippen LogP contribution in [0.1, 0.15) is 22.1 Å². The van der Waals surface area contributed by atoms with Crippen LogP contribution in [-0.4, -0.2) is 23.5 Å². The Morgan fingerprint density at radius 3 is 2.25 bits per heavy atom. The van der Waals surface area contributed by atoms with E-state index in [1.165, 1.54) is 18.2 Å². The summed E-state index contributed by atoms with van der Waals surface area (Å²) < 4.78 is 66.7. The number of nitrogens with zero attached hydrogens (tertiary/aromatic N) is 1. The SMILES string of the molecule is O=C1c2ccccc2N[C@@H](c2c(F)cccc2F)N1CC(F)(F)F. The molecule has 0 saturated carbocycles. The summed E-state index contributed by atoms with van der Waals surface area (Å²) in [5.74, 6) is -3.02. The third kappa shape index (κ3) is 2.91. The number of alkyl halides is 3. The third-order valence-electron chi connectivity index (χ3n) is 3.65. The fourth-order valence-electron chi connectivity index (χ4n) is 2.65. The predicted molar refractivity (Wildman–Crippen MR) is 76.3 cm³/mol. The van der Waals surface area contributed by atoms with E-state index in [0.29, 0.717) is 4.90 Å². The predicted octanol–water partition coefficient (Wildman–Crippen LogP) is 4.09. The molecule has 0 radical (unpaired) electrons. The molecule has 1 amide bonds. The molecule has 2 aromatic carbocycles. The number of anilines is 1. The molecule has 1 aliphatic rings. The van der Waals surface area contributed by atoms with E-state index in [1.54, 1.807) is 6.07 Å². The van der Waals surface area contributed by atoms with Crippen LogP contribution in [0.2, 0.25) is 0 Å². The molecular formula is C16H11F5N2O. The normalized spacial score (nSPS) is 17.5. The second-order valence-corrected chi connectivity index (χ2v) is 5.28. The summed E-state index contributed by atoms with van der Waals surface area (Å²) in [6.45, 7) is -1.63. The standard InChI is InChI=1S/C16H11F5N2O/c17-10-5-3-6-11(18)13(10)14-22-12-7-2-1-4-9(12)15(24)23(14)8-16(19,20)21/h1-7,14,22H,8H2/t14-/m1/s1. The molecule has 2 aromatic rings. The van der Waals surface area contributed by atoms with Gasteiger partial charge in [-0.15, -0.1) is 0 Å². The van der Waals surface area contributed by atoms with Gasteiger partial charge in [-0.3, -0.25) is 4.79 Å². The Bertz CT molecular complexity index is 770. The maximum atomic E-state index is 14.0. The van der Waals surface area contributed by atoms with Crippen molar-refractivity contribution in [1.29, 1.82) is 0 Å². The molecule has 0 aliphatic carbocycles. The Labute approximate surface area is 133 Å². The minimum absolute atomic E-state index is 0.00903. The largest absolute Gasteiger partial charge is 0.406 e. The highest BCUT2D eigenvalue weighted by molar-refractivity contribution is 6.01. The highest BCUT2D eigenvalue weighted by Crippen LogP contribution is 2.36. The van der Waals surface area contributed by atoms with Crippen molar-refractivity contribution in [3.63, 3.8) is 0 Å². The Morgan fingerprint density at radius 1 is 1.00 bits per heavy atom. The number of rotatable bonds is 2. The fraction of sp³-hybridized carbons (Fsp3) is 0.188. The van der Waals surface area contributed by atoms with Crippen LogP contribution >= 0.6 is 0 Å². The van der Waals surface area contributed by atoms with Crippen molar-refractivity contribution in [2.24, 2.45) is 0 Å². The first-order valence-electron chi connectivity index (χ1n) is 6.95. The lowest BCUT2D eigenvalue weighted by molar-refractivity contribution is -0.144. The summed E-state index contributed by atoms with van der Waals surface area (Å²) in [6.07, 6.45) is -6.32. The summed E-state index contributed by atoms with van der Waals surface area (Å²) in [7, 11) is 0. The molecule has 0 bridgehead atoms. The van der Waals surface area contributed by atoms with Crippen LogP contribution in [0.4, 0.5) is 27.6 Å². The van der Waals surface area contributed by atoms with Gasteiger partial charge < -0.3 is 10.2 Å². The molecule has 8 heteroatoms. The summed E-state index contributed by atoms with van der Waals surface area (Å²) in [6, 6.07) is 8.82. The van der Waals surface area contributed by atoms with E-state index >= 15 is 0 Å². The van der Waals surface area contributed by atoms with Crippen LogP contribution in [0.25, 0.3) is 0 Å². The zero-order chi connectivity index (χ0) is 17.5. The van der Waals surface area contributed by atoms with Crippen LogP contribution in [0.3, 0.4) is 0 Å². The second kappa shape index (κ2) is 5.77. The lowest BCUT2D eigenvalue weighted by atomic mass is 10.0. The summed E-state index contributed by atoms with van der Waals surface area (Å²) >= 11 is 0. The van der Waals surface area contributed by atoms with E-state index in [2.05, 4.69) is 5.32 Å². The Hall–Kier alpha value is -2.64. The van der Waals surface area contributed by atoms with Crippen LogP contribution < -0.4 is 5.32 Å². The molecule has 1 heterocycles. The number of fused-ring (bicyclic) bond motifs is 1. The molecule has 0 aromatic heterocycles. The van der Waals surface area contributed by atoms with Crippen molar-refractivity contribution in [2.75, 3.05) is 11.9 Å². The average Bonchev–Trinajstić information content (AvgIpc) is 2.50. The summed E-state index contributed by atoms with van der Waals surface area (Å²) in [5, 5.41) is 2.62. The van der Waals surface area contributed by atoms with Gasteiger partial charge in [0.25, 0.3) is 5.91 Å². The summed E-state index contributed by atoms with van der Waals surface area (Å²) in [5.41, 5.74) is -0.409. The second-order valence-electron chi connectivity index (χ2n) is 5.28. The molecule has 0 fully saturated rings. The lowest BCUT2D eigenvalue weighted by Crippen LogP contribution is -2.47. The van der Waals surface area contributed by atoms with Crippen molar-refractivity contribution < 1.29 is 26.7 Å². The smallest absolute Gasteiger partial charge is 0.361 e. The molecule has 0 spiro atoms. The molecular weight excluding hydrogens is 331 g/mol. The zero-order valence-corrected chi connectivity index (χ0v) is 12.1. The van der Waals surface area contributed by atoms with Crippen LogP contribution in [0.5, 0.6) is 0 Å². The van der Waals surface area contributed by atoms with Gasteiger partial charge in [-0.25, -0.2) is 8.78 Å². The van der Waals surface area contributed by atoms with E-state index in [4.69, 9.17) is 0 Å². The van der Waals surface area contributed by atoms with Gasteiger partial charge in [-0.05, 0) is 24.3 Å². The van der Waals surface area contributed by atoms with Gasteiger partial charge in [0, 0.05) is 5.69 Å². The van der Waals surface area contributed by atoms with Gasteiger partial charge in [0.1, 0.15) is 24.3 Å². The number of hydrogen-bond acceptors (Lipinski definition) is 2. The van der Waals surface area contributed by atoms with Crippen molar-refractivity contribution in [2.45, 2.75) is 12.3 Å². The van der Waals surface area contributed by atoms with Gasteiger partial charge in [0.15, 0.2) is 0 Å². The number of nitrogens with one attached hydrogen (secondary N) is 1. The van der Waals surface area contributed by atoms with Gasteiger partial charge in [-0.2, -0.15) is 13.2 Å². The van der Waals surface area contributed by atoms with Crippen LogP contribution in [-0.2, 0) is 0 Å². The molecule has 3 rings (SSSR count). The van der Waals surface area contributed by atoms with Crippen LogP contribution in [0, 0.1) is 11.6 Å². The monoisotopic (exact) mass is 342 g/mol. The maximum absolute atomic E-state index is 14.0. The minimum Gasteiger partial charge on any atom is -0.361 e. The minimum atomic E-state index is -4.72. The van der Waals surface area contributed by atoms with E-state index in [0.717, 1.165) is 18.2 Å². The average molecular weight is 342 g/mol. The Balaban J connectivity index is 2.13. The number of carbonyl (C=O) groups excluding carboxylic acids is 1. The Kier molecular flexibility index (Phi) is 3.90. The molecule has 1 N–H and O–H groups in total. The molecule has 0 unspecified atom stereocenters. The number of carbonyl (C=O) groups is 1. The van der Waals surface area contributed by atoms with Crippen molar-refractivity contribution in [1.82, 2.24) is 4.90 Å². The summed E-state index contributed by atoms with van der Waals surface area (Å²) in [4.78, 5) is 12.8. The van der Waals surface area contributed by atoms with Crippen molar-refractivity contribution in [3.05, 3.63) is 65.2 Å². The van der Waals surface area contributed by atoms with Gasteiger partial charge in [-0.1, -0.05) is 18.2 Å². The molecule has 24 heavy (non-hydrogen) atoms. The highest BCUT2D eigenvalue weighted by Gasteiger charge is 2.42. The van der Waals surface area contributed by atoms with E-state index in [9.17, 15) is 26.7 Å². The van der Waals surface area contributed by atoms with E-state index in [-0.39, 0.29) is 11.3 Å². The topological polar surface area (TPSA) is 32.3 Å². The van der Waals surface area contributed by atoms with E-state index in [1.807, 2.05) is 0 Å². The Morgan fingerprint density at radius 2 is 1.62 bits per heavy atom. The first-order chi connectivity index (χ1) is 11.3. The van der Waals surface area contributed by atoms with E-state index < -0.39 is 42.0 Å². The fourth-order valence-corrected chi connectivity index (χ4v) is 2.65. The third-order valence-corrected chi connectivity index (χ3v) is 3.65. The quantitative estimate of drug-likeness (QED) is 0.834. The number of halogens is 5. The highest BCUT2D eigenvalue weighted by atomic mass is 19.4. The molecule has 1 atom stereocenters. The molecule has 0 saturated heterocycles. The van der Waals surface area contributed by atoms with Crippen molar-refractivity contribution >= 4 is 11.6 Å². The first-order valence-corrected chi connectivity index (χ1v) is 6.95. The van der Waals surface area contributed by atoms with Crippen LogP contribution in [0.15, 0.2) is 42.5 Å². The lowest BCUT2D eigenvalue weighted by Gasteiger charge is -2.38. The molecule has 126 valence electrons. The van der Waals surface area contributed by atoms with Gasteiger partial charge in [0.05, 0.1) is 11.1 Å².